The average molecular weight is 414 g/mol. The topological polar surface area (TPSA) is 62.1 Å². The Kier molecular flexibility index (Phi) is 5.95. The second-order valence-electron chi connectivity index (χ2n) is 5.80. The van der Waals surface area contributed by atoms with Gasteiger partial charge in [-0.2, -0.15) is 22.0 Å². The average Bonchev–Trinajstić information content (AvgIpc) is 3.12. The van der Waals surface area contributed by atoms with Crippen molar-refractivity contribution < 1.29 is 31.4 Å². The zero-order valence-electron chi connectivity index (χ0n) is 15.0. The maximum atomic E-state index is 12.7. The van der Waals surface area contributed by atoms with Crippen molar-refractivity contribution in [3.63, 3.8) is 0 Å². The molecule has 154 valence electrons. The van der Waals surface area contributed by atoms with E-state index in [4.69, 9.17) is 4.74 Å². The molecule has 11 heteroatoms. The summed E-state index contributed by atoms with van der Waals surface area (Å²) in [5, 5.41) is 3.40. The SMILES string of the molecule is CCOc1ncc(Cn2cnc(C(F)(F)F)n2)cc1-c1cccc(OC(F)F)c1. The summed E-state index contributed by atoms with van der Waals surface area (Å²) < 4.78 is 73.9. The van der Waals surface area contributed by atoms with Crippen molar-refractivity contribution in [1.82, 2.24) is 19.7 Å². The fourth-order valence-corrected chi connectivity index (χ4v) is 2.57. The Morgan fingerprint density at radius 2 is 1.93 bits per heavy atom. The van der Waals surface area contributed by atoms with E-state index in [1.807, 2.05) is 0 Å². The minimum Gasteiger partial charge on any atom is -0.478 e. The van der Waals surface area contributed by atoms with Crippen LogP contribution in [0.4, 0.5) is 22.0 Å². The Morgan fingerprint density at radius 3 is 2.59 bits per heavy atom. The Morgan fingerprint density at radius 1 is 1.14 bits per heavy atom. The molecule has 1 aromatic carbocycles. The highest BCUT2D eigenvalue weighted by Crippen LogP contribution is 2.32. The molecule has 0 saturated heterocycles. The Balaban J connectivity index is 1.93. The zero-order valence-corrected chi connectivity index (χ0v) is 15.0. The minimum absolute atomic E-state index is 0.0251. The Bertz CT molecular complexity index is 975. The van der Waals surface area contributed by atoms with Gasteiger partial charge in [0.1, 0.15) is 12.1 Å². The molecular weight excluding hydrogens is 399 g/mol. The summed E-state index contributed by atoms with van der Waals surface area (Å²) in [5.41, 5.74) is 1.48. The quantitative estimate of drug-likeness (QED) is 0.536. The van der Waals surface area contributed by atoms with Crippen LogP contribution in [0.1, 0.15) is 18.3 Å². The number of rotatable bonds is 7. The largest absolute Gasteiger partial charge is 0.478 e. The molecular formula is C18H15F5N4O2. The van der Waals surface area contributed by atoms with Gasteiger partial charge in [0.05, 0.1) is 13.2 Å². The standard InChI is InChI=1S/C18H15F5N4O2/c1-2-28-15-14(12-4-3-5-13(7-12)29-17(19)20)6-11(8-24-15)9-27-10-25-16(26-27)18(21,22)23/h3-8,10,17H,2,9H2,1H3. The predicted octanol–water partition coefficient (Wildman–Crippen LogP) is 4.41. The third kappa shape index (κ3) is 5.18. The van der Waals surface area contributed by atoms with Gasteiger partial charge in [0.25, 0.3) is 5.82 Å². The summed E-state index contributed by atoms with van der Waals surface area (Å²) in [5.74, 6) is -1.04. The molecule has 0 aliphatic heterocycles. The van der Waals surface area contributed by atoms with E-state index >= 15 is 0 Å². The highest BCUT2D eigenvalue weighted by atomic mass is 19.4. The molecule has 0 N–H and O–H groups in total. The maximum Gasteiger partial charge on any atom is 0.453 e. The molecule has 0 aliphatic rings. The van der Waals surface area contributed by atoms with E-state index in [-0.39, 0.29) is 18.2 Å². The van der Waals surface area contributed by atoms with Gasteiger partial charge in [-0.1, -0.05) is 12.1 Å². The van der Waals surface area contributed by atoms with Gasteiger partial charge in [-0.05, 0) is 36.2 Å². The second-order valence-corrected chi connectivity index (χ2v) is 5.80. The summed E-state index contributed by atoms with van der Waals surface area (Å²) >= 11 is 0. The molecule has 0 atom stereocenters. The van der Waals surface area contributed by atoms with Crippen LogP contribution in [0.15, 0.2) is 42.9 Å². The van der Waals surface area contributed by atoms with Gasteiger partial charge in [-0.3, -0.25) is 0 Å². The van der Waals surface area contributed by atoms with E-state index in [0.717, 1.165) is 11.0 Å². The fraction of sp³-hybridized carbons (Fsp3) is 0.278. The highest BCUT2D eigenvalue weighted by molar-refractivity contribution is 5.70. The lowest BCUT2D eigenvalue weighted by Gasteiger charge is -2.13. The molecule has 0 amide bonds. The summed E-state index contributed by atoms with van der Waals surface area (Å²) in [4.78, 5) is 7.44. The van der Waals surface area contributed by atoms with E-state index in [1.54, 1.807) is 19.1 Å². The van der Waals surface area contributed by atoms with Crippen LogP contribution < -0.4 is 9.47 Å². The first-order chi connectivity index (χ1) is 13.8. The van der Waals surface area contributed by atoms with Crippen LogP contribution in [-0.4, -0.2) is 33.0 Å². The van der Waals surface area contributed by atoms with Crippen molar-refractivity contribution in [3.8, 4) is 22.8 Å². The summed E-state index contributed by atoms with van der Waals surface area (Å²) in [7, 11) is 0. The molecule has 0 spiro atoms. The molecule has 6 nitrogen and oxygen atoms in total. The third-order valence-corrected chi connectivity index (χ3v) is 3.69. The van der Waals surface area contributed by atoms with Gasteiger partial charge in [0.15, 0.2) is 0 Å². The van der Waals surface area contributed by atoms with E-state index in [1.165, 1.54) is 24.4 Å². The third-order valence-electron chi connectivity index (χ3n) is 3.69. The molecule has 3 aromatic rings. The monoisotopic (exact) mass is 414 g/mol. The first-order valence-corrected chi connectivity index (χ1v) is 8.40. The van der Waals surface area contributed by atoms with Gasteiger partial charge in [0, 0.05) is 11.8 Å². The van der Waals surface area contributed by atoms with E-state index in [0.29, 0.717) is 23.3 Å². The maximum absolute atomic E-state index is 12.7. The number of alkyl halides is 5. The number of hydrogen-bond donors (Lipinski definition) is 0. The van der Waals surface area contributed by atoms with E-state index in [9.17, 15) is 22.0 Å². The smallest absolute Gasteiger partial charge is 0.453 e. The lowest BCUT2D eigenvalue weighted by atomic mass is 10.0. The predicted molar refractivity (Wildman–Crippen MR) is 91.6 cm³/mol. The van der Waals surface area contributed by atoms with Gasteiger partial charge < -0.3 is 9.47 Å². The normalized spacial score (nSPS) is 11.7. The number of halogens is 5. The van der Waals surface area contributed by atoms with Crippen molar-refractivity contribution in [2.75, 3.05) is 6.61 Å². The van der Waals surface area contributed by atoms with Crippen molar-refractivity contribution in [2.45, 2.75) is 26.3 Å². The van der Waals surface area contributed by atoms with Gasteiger partial charge in [0.2, 0.25) is 5.88 Å². The Labute approximate surface area is 161 Å². The van der Waals surface area contributed by atoms with Crippen molar-refractivity contribution in [2.24, 2.45) is 0 Å². The van der Waals surface area contributed by atoms with Crippen LogP contribution in [0.25, 0.3) is 11.1 Å². The number of ether oxygens (including phenoxy) is 2. The molecule has 3 rings (SSSR count). The number of pyridine rings is 1. The first-order valence-electron chi connectivity index (χ1n) is 8.40. The number of hydrogen-bond acceptors (Lipinski definition) is 5. The van der Waals surface area contributed by atoms with E-state index < -0.39 is 18.6 Å². The molecule has 0 fully saturated rings. The van der Waals surface area contributed by atoms with Crippen LogP contribution >= 0.6 is 0 Å². The lowest BCUT2D eigenvalue weighted by Crippen LogP contribution is -2.09. The number of aromatic nitrogens is 4. The lowest BCUT2D eigenvalue weighted by molar-refractivity contribution is -0.145. The van der Waals surface area contributed by atoms with E-state index in [2.05, 4.69) is 19.8 Å². The molecule has 0 unspecified atom stereocenters. The van der Waals surface area contributed by atoms with Gasteiger partial charge >= 0.3 is 12.8 Å². The van der Waals surface area contributed by atoms with Crippen LogP contribution in [0, 0.1) is 0 Å². The molecule has 29 heavy (non-hydrogen) atoms. The molecule has 0 saturated carbocycles. The summed E-state index contributed by atoms with van der Waals surface area (Å²) in [6.07, 6.45) is -2.24. The summed E-state index contributed by atoms with van der Waals surface area (Å²) in [6.45, 7) is -0.937. The van der Waals surface area contributed by atoms with Crippen LogP contribution in [0.5, 0.6) is 11.6 Å². The molecule has 0 radical (unpaired) electrons. The fourth-order valence-electron chi connectivity index (χ4n) is 2.57. The van der Waals surface area contributed by atoms with Crippen molar-refractivity contribution in [1.29, 1.82) is 0 Å². The number of benzene rings is 1. The zero-order chi connectivity index (χ0) is 21.0. The van der Waals surface area contributed by atoms with Crippen LogP contribution in [0.3, 0.4) is 0 Å². The molecule has 2 aromatic heterocycles. The van der Waals surface area contributed by atoms with Gasteiger partial charge in [-0.25, -0.2) is 14.6 Å². The summed E-state index contributed by atoms with van der Waals surface area (Å²) in [6, 6.07) is 7.59. The van der Waals surface area contributed by atoms with Crippen molar-refractivity contribution >= 4 is 0 Å². The minimum atomic E-state index is -4.64. The highest BCUT2D eigenvalue weighted by Gasteiger charge is 2.35. The molecule has 0 bridgehead atoms. The second kappa shape index (κ2) is 8.41. The van der Waals surface area contributed by atoms with Gasteiger partial charge in [-0.15, -0.1) is 5.10 Å². The first kappa shape index (κ1) is 20.5. The van der Waals surface area contributed by atoms with Crippen molar-refractivity contribution in [3.05, 3.63) is 54.2 Å². The molecule has 0 aliphatic carbocycles. The van der Waals surface area contributed by atoms with Crippen LogP contribution in [0.2, 0.25) is 0 Å². The Hall–Kier alpha value is -3.24. The van der Waals surface area contributed by atoms with Crippen LogP contribution in [-0.2, 0) is 12.7 Å². The number of nitrogens with zero attached hydrogens (tertiary/aromatic N) is 4. The molecule has 2 heterocycles.